The quantitative estimate of drug-likeness (QED) is 0.276. The Morgan fingerprint density at radius 2 is 1.73 bits per heavy atom. The molecule has 1 N–H and O–H groups in total. The Bertz CT molecular complexity index is 516. The molecule has 0 saturated heterocycles. The van der Waals surface area contributed by atoms with Crippen molar-refractivity contribution in [1.82, 2.24) is 0 Å². The van der Waals surface area contributed by atoms with Crippen molar-refractivity contribution in [3.63, 3.8) is 0 Å². The van der Waals surface area contributed by atoms with Crippen LogP contribution < -0.4 is 0 Å². The first-order valence-electron chi connectivity index (χ1n) is 5.99. The zero-order valence-electron chi connectivity index (χ0n) is 11.4. The second kappa shape index (κ2) is 8.73. The molecule has 0 aliphatic rings. The van der Waals surface area contributed by atoms with E-state index in [4.69, 9.17) is 4.55 Å². The van der Waals surface area contributed by atoms with Crippen LogP contribution in [0.4, 0.5) is 13.2 Å². The van der Waals surface area contributed by atoms with Gasteiger partial charge >= 0.3 is 27.3 Å². The molecule has 0 radical (unpaired) electrons. The molecule has 22 heavy (non-hydrogen) atoms. The number of carbonyl (C=O) groups is 2. The van der Waals surface area contributed by atoms with Crippen molar-refractivity contribution >= 4 is 22.1 Å². The molecule has 0 amide bonds. The van der Waals surface area contributed by atoms with Crippen LogP contribution in [-0.4, -0.2) is 43.4 Å². The van der Waals surface area contributed by atoms with Gasteiger partial charge in [-0.15, -0.1) is 0 Å². The highest BCUT2D eigenvalue weighted by molar-refractivity contribution is 7.86. The summed E-state index contributed by atoms with van der Waals surface area (Å²) in [4.78, 5) is 21.7. The Balaban J connectivity index is 3.80. The zero-order chi connectivity index (χ0) is 17.4. The van der Waals surface area contributed by atoms with E-state index in [1.807, 2.05) is 0 Å². The normalized spacial score (nSPS) is 11.8. The fourth-order valence-corrected chi connectivity index (χ4v) is 1.31. The number of ether oxygens (including phenoxy) is 2. The molecule has 0 aliphatic carbocycles. The summed E-state index contributed by atoms with van der Waals surface area (Å²) in [5.74, 6) is -3.49. The Morgan fingerprint density at radius 1 is 1.14 bits per heavy atom. The van der Waals surface area contributed by atoms with Crippen molar-refractivity contribution in [3.8, 4) is 0 Å². The van der Waals surface area contributed by atoms with E-state index in [1.54, 1.807) is 0 Å². The lowest BCUT2D eigenvalue weighted by Gasteiger charge is -2.12. The third-order valence-electron chi connectivity index (χ3n) is 2.26. The van der Waals surface area contributed by atoms with Crippen molar-refractivity contribution in [2.75, 3.05) is 13.2 Å². The molecule has 11 heteroatoms. The second-order valence-electron chi connectivity index (χ2n) is 4.12. The number of hydrogen-bond acceptors (Lipinski definition) is 6. The minimum atomic E-state index is -5.64. The van der Waals surface area contributed by atoms with Crippen molar-refractivity contribution in [2.24, 2.45) is 0 Å². The second-order valence-corrected chi connectivity index (χ2v) is 5.67. The van der Waals surface area contributed by atoms with Gasteiger partial charge in [-0.1, -0.05) is 6.58 Å². The van der Waals surface area contributed by atoms with Gasteiger partial charge in [-0.25, -0.2) is 4.79 Å². The smallest absolute Gasteiger partial charge is 0.402 e. The van der Waals surface area contributed by atoms with Gasteiger partial charge in [-0.3, -0.25) is 9.35 Å². The molecular weight excluding hydrogens is 333 g/mol. The first-order valence-corrected chi connectivity index (χ1v) is 7.43. The van der Waals surface area contributed by atoms with Gasteiger partial charge < -0.3 is 9.47 Å². The molecule has 0 aromatic heterocycles. The van der Waals surface area contributed by atoms with Gasteiger partial charge in [0.2, 0.25) is 5.83 Å². The van der Waals surface area contributed by atoms with E-state index in [0.29, 0.717) is 12.8 Å². The Morgan fingerprint density at radius 3 is 2.23 bits per heavy atom. The number of carbonyl (C=O) groups excluding carboxylic acids is 2. The van der Waals surface area contributed by atoms with Crippen LogP contribution in [0.2, 0.25) is 0 Å². The highest BCUT2D eigenvalue weighted by atomic mass is 32.2. The van der Waals surface area contributed by atoms with E-state index in [9.17, 15) is 31.2 Å². The molecule has 0 aromatic carbocycles. The fourth-order valence-electron chi connectivity index (χ4n) is 1.10. The van der Waals surface area contributed by atoms with Crippen molar-refractivity contribution < 1.29 is 45.2 Å². The maximum Gasteiger partial charge on any atom is 0.402 e. The summed E-state index contributed by atoms with van der Waals surface area (Å²) in [7, 11) is -5.64. The van der Waals surface area contributed by atoms with Crippen LogP contribution in [0.25, 0.3) is 0 Å². The van der Waals surface area contributed by atoms with Crippen LogP contribution in [0.1, 0.15) is 25.7 Å². The van der Waals surface area contributed by atoms with Crippen molar-refractivity contribution in [3.05, 3.63) is 12.4 Å². The third-order valence-corrected chi connectivity index (χ3v) is 3.13. The highest BCUT2D eigenvalue weighted by Crippen LogP contribution is 2.20. The fraction of sp³-hybridized carbons (Fsp3) is 0.636. The van der Waals surface area contributed by atoms with Gasteiger partial charge in [0, 0.05) is 6.42 Å². The predicted molar refractivity (Wildman–Crippen MR) is 67.1 cm³/mol. The maximum absolute atomic E-state index is 12.7. The Kier molecular flexibility index (Phi) is 8.09. The molecule has 0 rings (SSSR count). The van der Waals surface area contributed by atoms with Gasteiger partial charge in [0.15, 0.2) is 6.61 Å². The van der Waals surface area contributed by atoms with Gasteiger partial charge in [0.05, 0.1) is 6.61 Å². The topological polar surface area (TPSA) is 107 Å². The molecular formula is C11H15F3O7S. The summed E-state index contributed by atoms with van der Waals surface area (Å²) in [5.41, 5.74) is 0. The van der Waals surface area contributed by atoms with E-state index >= 15 is 0 Å². The Labute approximate surface area is 124 Å². The number of alkyl halides is 2. The van der Waals surface area contributed by atoms with Gasteiger partial charge in [-0.05, 0) is 19.3 Å². The molecule has 0 atom stereocenters. The van der Waals surface area contributed by atoms with E-state index in [2.05, 4.69) is 16.1 Å². The number of esters is 2. The lowest BCUT2D eigenvalue weighted by molar-refractivity contribution is -0.150. The Hall–Kier alpha value is -1.62. The minimum absolute atomic E-state index is 0.0996. The summed E-state index contributed by atoms with van der Waals surface area (Å²) in [6.07, 6.45) is 0.582. The molecule has 0 aromatic rings. The number of unbranched alkanes of at least 4 members (excludes halogenated alkanes) is 2. The molecule has 0 heterocycles. The van der Waals surface area contributed by atoms with E-state index in [1.165, 1.54) is 0 Å². The van der Waals surface area contributed by atoms with E-state index in [0.717, 1.165) is 0 Å². The van der Waals surface area contributed by atoms with Crippen LogP contribution in [0, 0.1) is 0 Å². The monoisotopic (exact) mass is 348 g/mol. The molecule has 0 bridgehead atoms. The van der Waals surface area contributed by atoms with E-state index in [-0.39, 0.29) is 19.4 Å². The largest absolute Gasteiger partial charge is 0.460 e. The van der Waals surface area contributed by atoms with Crippen LogP contribution in [0.5, 0.6) is 0 Å². The van der Waals surface area contributed by atoms with Crippen LogP contribution in [0.3, 0.4) is 0 Å². The average Bonchev–Trinajstić information content (AvgIpc) is 2.38. The summed E-state index contributed by atoms with van der Waals surface area (Å²) in [5, 5.41) is -4.56. The summed E-state index contributed by atoms with van der Waals surface area (Å²) < 4.78 is 74.7. The lowest BCUT2D eigenvalue weighted by Crippen LogP contribution is -2.34. The summed E-state index contributed by atoms with van der Waals surface area (Å²) in [6, 6.07) is 0. The standard InChI is InChI=1S/C11H15F3O7S/c1-8(12)10(16)20-6-4-2-3-5-9(15)21-7-11(13,14)22(17,18)19/h1-7H2,(H,17,18,19). The first kappa shape index (κ1) is 20.4. The van der Waals surface area contributed by atoms with Crippen molar-refractivity contribution in [1.29, 1.82) is 0 Å². The molecule has 0 unspecified atom stereocenters. The van der Waals surface area contributed by atoms with E-state index < -0.39 is 39.7 Å². The van der Waals surface area contributed by atoms with Crippen LogP contribution >= 0.6 is 0 Å². The lowest BCUT2D eigenvalue weighted by atomic mass is 10.2. The summed E-state index contributed by atoms with van der Waals surface area (Å²) in [6.45, 7) is 0.850. The van der Waals surface area contributed by atoms with Gasteiger partial charge in [0.25, 0.3) is 0 Å². The van der Waals surface area contributed by atoms with Gasteiger partial charge in [-0.2, -0.15) is 21.6 Å². The number of rotatable bonds is 10. The molecule has 0 spiro atoms. The van der Waals surface area contributed by atoms with Gasteiger partial charge in [0.1, 0.15) is 0 Å². The number of hydrogen-bond donors (Lipinski definition) is 1. The van der Waals surface area contributed by atoms with Crippen molar-refractivity contribution in [2.45, 2.75) is 30.9 Å². The first-order chi connectivity index (χ1) is 9.97. The molecule has 128 valence electrons. The van der Waals surface area contributed by atoms with Crippen LogP contribution in [-0.2, 0) is 29.2 Å². The average molecular weight is 348 g/mol. The third kappa shape index (κ3) is 7.98. The number of halogens is 3. The summed E-state index contributed by atoms with van der Waals surface area (Å²) >= 11 is 0. The molecule has 7 nitrogen and oxygen atoms in total. The molecule has 0 aliphatic heterocycles. The molecule has 0 saturated carbocycles. The maximum atomic E-state index is 12.7. The molecule has 0 fully saturated rings. The zero-order valence-corrected chi connectivity index (χ0v) is 12.2. The van der Waals surface area contributed by atoms with Crippen LogP contribution in [0.15, 0.2) is 12.4 Å². The predicted octanol–water partition coefficient (Wildman–Crippen LogP) is 1.60. The highest BCUT2D eigenvalue weighted by Gasteiger charge is 2.45. The SMILES string of the molecule is C=C(F)C(=O)OCCCCCC(=O)OCC(F)(F)S(=O)(=O)O. The minimum Gasteiger partial charge on any atom is -0.460 e.